The SMILES string of the molecule is NNCC1=CCCCCC1. The number of hydrogen-bond donors (Lipinski definition) is 2. The third-order valence-electron chi connectivity index (χ3n) is 1.96. The average Bonchev–Trinajstić information content (AvgIpc) is 2.17. The largest absolute Gasteiger partial charge is 0.271 e. The molecule has 0 radical (unpaired) electrons. The molecule has 2 nitrogen and oxygen atoms in total. The Morgan fingerprint density at radius 3 is 3.10 bits per heavy atom. The zero-order chi connectivity index (χ0) is 7.23. The third-order valence-corrected chi connectivity index (χ3v) is 1.96. The lowest BCUT2D eigenvalue weighted by molar-refractivity contribution is 0.693. The molecule has 0 bridgehead atoms. The second-order valence-corrected chi connectivity index (χ2v) is 2.84. The number of nitrogens with one attached hydrogen (secondary N) is 1. The molecule has 0 amide bonds. The quantitative estimate of drug-likeness (QED) is 0.345. The smallest absolute Gasteiger partial charge is 0.0308 e. The van der Waals surface area contributed by atoms with Crippen LogP contribution in [-0.4, -0.2) is 6.54 Å². The summed E-state index contributed by atoms with van der Waals surface area (Å²) in [4.78, 5) is 0. The van der Waals surface area contributed by atoms with Gasteiger partial charge in [-0.15, -0.1) is 0 Å². The normalized spacial score (nSPS) is 19.9. The van der Waals surface area contributed by atoms with Crippen LogP contribution in [0, 0.1) is 0 Å². The summed E-state index contributed by atoms with van der Waals surface area (Å²) in [6.45, 7) is 0.875. The lowest BCUT2D eigenvalue weighted by atomic mass is 10.1. The first-order valence-corrected chi connectivity index (χ1v) is 4.05. The van der Waals surface area contributed by atoms with Crippen molar-refractivity contribution in [2.45, 2.75) is 32.1 Å². The van der Waals surface area contributed by atoms with E-state index in [0.717, 1.165) is 6.54 Å². The fourth-order valence-electron chi connectivity index (χ4n) is 1.37. The number of nitrogens with two attached hydrogens (primary N) is 1. The number of hydrogen-bond acceptors (Lipinski definition) is 2. The molecule has 1 aliphatic carbocycles. The van der Waals surface area contributed by atoms with Crippen LogP contribution >= 0.6 is 0 Å². The van der Waals surface area contributed by atoms with Gasteiger partial charge in [0.05, 0.1) is 0 Å². The molecule has 0 saturated heterocycles. The molecule has 0 unspecified atom stereocenters. The van der Waals surface area contributed by atoms with Crippen molar-refractivity contribution in [3.05, 3.63) is 11.6 Å². The van der Waals surface area contributed by atoms with Crippen LogP contribution in [0.2, 0.25) is 0 Å². The fourth-order valence-corrected chi connectivity index (χ4v) is 1.37. The lowest BCUT2D eigenvalue weighted by Gasteiger charge is -2.01. The molecule has 0 atom stereocenters. The van der Waals surface area contributed by atoms with Gasteiger partial charge in [0.25, 0.3) is 0 Å². The highest BCUT2D eigenvalue weighted by atomic mass is 15.2. The van der Waals surface area contributed by atoms with Gasteiger partial charge in [-0.1, -0.05) is 18.1 Å². The number of hydrazine groups is 1. The molecule has 0 heterocycles. The van der Waals surface area contributed by atoms with Crippen molar-refractivity contribution in [2.24, 2.45) is 5.84 Å². The minimum Gasteiger partial charge on any atom is -0.271 e. The summed E-state index contributed by atoms with van der Waals surface area (Å²) in [5.74, 6) is 5.22. The highest BCUT2D eigenvalue weighted by molar-refractivity contribution is 5.04. The Morgan fingerprint density at radius 1 is 1.40 bits per heavy atom. The van der Waals surface area contributed by atoms with Crippen LogP contribution in [0.1, 0.15) is 32.1 Å². The summed E-state index contributed by atoms with van der Waals surface area (Å²) in [7, 11) is 0. The van der Waals surface area contributed by atoms with Gasteiger partial charge >= 0.3 is 0 Å². The summed E-state index contributed by atoms with van der Waals surface area (Å²) in [6.07, 6.45) is 8.89. The maximum Gasteiger partial charge on any atom is 0.0308 e. The van der Waals surface area contributed by atoms with E-state index < -0.39 is 0 Å². The molecule has 0 aliphatic heterocycles. The minimum absolute atomic E-state index is 0.875. The van der Waals surface area contributed by atoms with Gasteiger partial charge in [-0.3, -0.25) is 11.3 Å². The van der Waals surface area contributed by atoms with E-state index >= 15 is 0 Å². The van der Waals surface area contributed by atoms with Crippen molar-refractivity contribution < 1.29 is 0 Å². The van der Waals surface area contributed by atoms with Crippen molar-refractivity contribution in [2.75, 3.05) is 6.54 Å². The summed E-state index contributed by atoms with van der Waals surface area (Å²) >= 11 is 0. The van der Waals surface area contributed by atoms with Gasteiger partial charge in [0.2, 0.25) is 0 Å². The van der Waals surface area contributed by atoms with E-state index in [1.165, 1.54) is 37.7 Å². The standard InChI is InChI=1S/C8H16N2/c9-10-7-8-5-3-1-2-4-6-8/h5,10H,1-4,6-7,9H2. The van der Waals surface area contributed by atoms with Crippen molar-refractivity contribution >= 4 is 0 Å². The van der Waals surface area contributed by atoms with Crippen LogP contribution in [0.15, 0.2) is 11.6 Å². The van der Waals surface area contributed by atoms with Crippen LogP contribution in [0.4, 0.5) is 0 Å². The molecule has 0 spiro atoms. The summed E-state index contributed by atoms with van der Waals surface area (Å²) in [5, 5.41) is 0. The fraction of sp³-hybridized carbons (Fsp3) is 0.750. The molecule has 3 N–H and O–H groups in total. The summed E-state index contributed by atoms with van der Waals surface area (Å²) < 4.78 is 0. The Kier molecular flexibility index (Phi) is 3.47. The Hall–Kier alpha value is -0.340. The van der Waals surface area contributed by atoms with Crippen LogP contribution in [0.5, 0.6) is 0 Å². The van der Waals surface area contributed by atoms with E-state index in [-0.39, 0.29) is 0 Å². The molecule has 10 heavy (non-hydrogen) atoms. The van der Waals surface area contributed by atoms with Gasteiger partial charge in [-0.05, 0) is 25.7 Å². The van der Waals surface area contributed by atoms with Crippen LogP contribution < -0.4 is 11.3 Å². The Morgan fingerprint density at radius 2 is 2.30 bits per heavy atom. The first-order chi connectivity index (χ1) is 4.93. The average molecular weight is 140 g/mol. The van der Waals surface area contributed by atoms with Gasteiger partial charge in [-0.25, -0.2) is 0 Å². The van der Waals surface area contributed by atoms with Crippen molar-refractivity contribution in [3.8, 4) is 0 Å². The molecule has 0 aromatic rings. The first kappa shape index (κ1) is 7.76. The van der Waals surface area contributed by atoms with Gasteiger partial charge < -0.3 is 0 Å². The number of rotatable bonds is 2. The molecule has 58 valence electrons. The van der Waals surface area contributed by atoms with Gasteiger partial charge in [-0.2, -0.15) is 0 Å². The molecule has 1 aliphatic rings. The van der Waals surface area contributed by atoms with Crippen LogP contribution in [-0.2, 0) is 0 Å². The van der Waals surface area contributed by atoms with E-state index in [9.17, 15) is 0 Å². The zero-order valence-corrected chi connectivity index (χ0v) is 6.40. The summed E-state index contributed by atoms with van der Waals surface area (Å²) in [6, 6.07) is 0. The molecule has 0 saturated carbocycles. The highest BCUT2D eigenvalue weighted by Crippen LogP contribution is 2.15. The van der Waals surface area contributed by atoms with Crippen molar-refractivity contribution in [3.63, 3.8) is 0 Å². The summed E-state index contributed by atoms with van der Waals surface area (Å²) in [5.41, 5.74) is 4.18. The molecule has 1 rings (SSSR count). The van der Waals surface area contributed by atoms with Gasteiger partial charge in [0, 0.05) is 6.54 Å². The lowest BCUT2D eigenvalue weighted by Crippen LogP contribution is -2.24. The van der Waals surface area contributed by atoms with E-state index in [1.807, 2.05) is 0 Å². The second kappa shape index (κ2) is 4.47. The van der Waals surface area contributed by atoms with Crippen molar-refractivity contribution in [1.29, 1.82) is 0 Å². The highest BCUT2D eigenvalue weighted by Gasteiger charge is 2.00. The molecule has 0 aromatic heterocycles. The maximum absolute atomic E-state index is 5.22. The predicted octanol–water partition coefficient (Wildman–Crippen LogP) is 1.34. The minimum atomic E-state index is 0.875. The van der Waals surface area contributed by atoms with Gasteiger partial charge in [0.15, 0.2) is 0 Å². The Balaban J connectivity index is 2.31. The predicted molar refractivity (Wildman–Crippen MR) is 43.4 cm³/mol. The third kappa shape index (κ3) is 2.50. The van der Waals surface area contributed by atoms with E-state index in [0.29, 0.717) is 0 Å². The van der Waals surface area contributed by atoms with Crippen LogP contribution in [0.3, 0.4) is 0 Å². The number of allylic oxidation sites excluding steroid dienone is 1. The van der Waals surface area contributed by atoms with Crippen molar-refractivity contribution in [1.82, 2.24) is 5.43 Å². The topological polar surface area (TPSA) is 38.0 Å². The second-order valence-electron chi connectivity index (χ2n) is 2.84. The molecule has 2 heteroatoms. The van der Waals surface area contributed by atoms with Crippen LogP contribution in [0.25, 0.3) is 0 Å². The maximum atomic E-state index is 5.22. The van der Waals surface area contributed by atoms with E-state index in [4.69, 9.17) is 5.84 Å². The monoisotopic (exact) mass is 140 g/mol. The van der Waals surface area contributed by atoms with E-state index in [1.54, 1.807) is 0 Å². The first-order valence-electron chi connectivity index (χ1n) is 4.05. The molecular formula is C8H16N2. The molecular weight excluding hydrogens is 124 g/mol. The van der Waals surface area contributed by atoms with Gasteiger partial charge in [0.1, 0.15) is 0 Å². The van der Waals surface area contributed by atoms with E-state index in [2.05, 4.69) is 11.5 Å². The molecule has 0 aromatic carbocycles. The Labute approximate surface area is 62.5 Å². The molecule has 0 fully saturated rings. The zero-order valence-electron chi connectivity index (χ0n) is 6.40. The Bertz CT molecular complexity index is 118.